The molecule has 0 nitrogen and oxygen atoms in total. The Morgan fingerprint density at radius 1 is 1.00 bits per heavy atom. The van der Waals surface area contributed by atoms with Crippen LogP contribution in [0.3, 0.4) is 0 Å². The highest BCUT2D eigenvalue weighted by molar-refractivity contribution is 7.99. The second-order valence-corrected chi connectivity index (χ2v) is 8.07. The lowest BCUT2D eigenvalue weighted by Crippen LogP contribution is -2.33. The zero-order valence-electron chi connectivity index (χ0n) is 12.4. The van der Waals surface area contributed by atoms with E-state index in [1.54, 1.807) is 0 Å². The number of hydrogen-bond donors (Lipinski definition) is 0. The van der Waals surface area contributed by atoms with E-state index >= 15 is 0 Å². The molecule has 102 valence electrons. The fourth-order valence-electron chi connectivity index (χ4n) is 3.05. The van der Waals surface area contributed by atoms with E-state index in [-0.39, 0.29) is 0 Å². The van der Waals surface area contributed by atoms with Crippen LogP contribution in [0.25, 0.3) is 0 Å². The minimum atomic E-state index is 0.515. The van der Waals surface area contributed by atoms with Gasteiger partial charge in [-0.2, -0.15) is 11.8 Å². The number of hydrogen-bond acceptors (Lipinski definition) is 1. The summed E-state index contributed by atoms with van der Waals surface area (Å²) in [5, 5.41) is 0.949. The number of unbranched alkanes of at least 4 members (excludes halogenated alkanes) is 3. The Hall–Kier alpha value is 0.350. The van der Waals surface area contributed by atoms with Gasteiger partial charge in [0.2, 0.25) is 0 Å². The summed E-state index contributed by atoms with van der Waals surface area (Å²) in [6.07, 6.45) is 11.5. The number of rotatable bonds is 6. The van der Waals surface area contributed by atoms with Crippen molar-refractivity contribution in [2.24, 2.45) is 11.3 Å². The SMILES string of the molecule is CCCCCCSC1CCCCC1C(C)(C)C. The zero-order valence-corrected chi connectivity index (χ0v) is 13.2. The molecule has 0 spiro atoms. The molecule has 2 atom stereocenters. The van der Waals surface area contributed by atoms with Crippen LogP contribution in [-0.4, -0.2) is 11.0 Å². The lowest BCUT2D eigenvalue weighted by molar-refractivity contribution is 0.187. The maximum atomic E-state index is 2.44. The van der Waals surface area contributed by atoms with Crippen LogP contribution in [0.5, 0.6) is 0 Å². The van der Waals surface area contributed by atoms with Gasteiger partial charge in [-0.15, -0.1) is 0 Å². The first-order chi connectivity index (χ1) is 8.05. The predicted octanol–water partition coefficient (Wildman–Crippen LogP) is 5.90. The van der Waals surface area contributed by atoms with Gasteiger partial charge in [-0.25, -0.2) is 0 Å². The molecule has 1 rings (SSSR count). The summed E-state index contributed by atoms with van der Waals surface area (Å²) in [7, 11) is 0. The van der Waals surface area contributed by atoms with Crippen molar-refractivity contribution in [2.45, 2.75) is 84.3 Å². The molecule has 1 aliphatic rings. The van der Waals surface area contributed by atoms with Gasteiger partial charge in [0.1, 0.15) is 0 Å². The molecule has 0 radical (unpaired) electrons. The first-order valence-electron chi connectivity index (χ1n) is 7.67. The Kier molecular flexibility index (Phi) is 6.99. The summed E-state index contributed by atoms with van der Waals surface area (Å²) in [6, 6.07) is 0. The van der Waals surface area contributed by atoms with Gasteiger partial charge in [0.05, 0.1) is 0 Å². The molecular weight excluding hydrogens is 224 g/mol. The van der Waals surface area contributed by atoms with Crippen molar-refractivity contribution in [2.75, 3.05) is 5.75 Å². The van der Waals surface area contributed by atoms with Crippen LogP contribution in [0.4, 0.5) is 0 Å². The third-order valence-electron chi connectivity index (χ3n) is 4.14. The van der Waals surface area contributed by atoms with Crippen LogP contribution in [0, 0.1) is 11.3 Å². The molecule has 1 aliphatic carbocycles. The van der Waals surface area contributed by atoms with Gasteiger partial charge in [0, 0.05) is 5.25 Å². The fourth-order valence-corrected chi connectivity index (χ4v) is 4.83. The minimum absolute atomic E-state index is 0.515. The maximum absolute atomic E-state index is 2.44. The average Bonchev–Trinajstić information content (AvgIpc) is 2.28. The quantitative estimate of drug-likeness (QED) is 0.533. The normalized spacial score (nSPS) is 26.1. The van der Waals surface area contributed by atoms with E-state index in [4.69, 9.17) is 0 Å². The largest absolute Gasteiger partial charge is 0.158 e. The first kappa shape index (κ1) is 15.4. The van der Waals surface area contributed by atoms with Crippen LogP contribution in [0.15, 0.2) is 0 Å². The minimum Gasteiger partial charge on any atom is -0.158 e. The third kappa shape index (κ3) is 5.68. The van der Waals surface area contributed by atoms with Crippen LogP contribution in [-0.2, 0) is 0 Å². The monoisotopic (exact) mass is 256 g/mol. The van der Waals surface area contributed by atoms with Crippen molar-refractivity contribution in [1.82, 2.24) is 0 Å². The summed E-state index contributed by atoms with van der Waals surface area (Å²) >= 11 is 2.28. The van der Waals surface area contributed by atoms with Crippen LogP contribution < -0.4 is 0 Å². The predicted molar refractivity (Wildman–Crippen MR) is 81.8 cm³/mol. The van der Waals surface area contributed by atoms with Gasteiger partial charge >= 0.3 is 0 Å². The highest BCUT2D eigenvalue weighted by Crippen LogP contribution is 2.43. The average molecular weight is 256 g/mol. The molecule has 1 saturated carbocycles. The Labute approximate surface area is 113 Å². The van der Waals surface area contributed by atoms with E-state index in [0.29, 0.717) is 5.41 Å². The lowest BCUT2D eigenvalue weighted by Gasteiger charge is -2.40. The molecule has 2 unspecified atom stereocenters. The number of thioether (sulfide) groups is 1. The Bertz CT molecular complexity index is 192. The summed E-state index contributed by atoms with van der Waals surface area (Å²) < 4.78 is 0. The van der Waals surface area contributed by atoms with Gasteiger partial charge < -0.3 is 0 Å². The van der Waals surface area contributed by atoms with E-state index in [1.165, 1.54) is 57.1 Å². The zero-order chi connectivity index (χ0) is 12.7. The van der Waals surface area contributed by atoms with Crippen molar-refractivity contribution in [3.63, 3.8) is 0 Å². The van der Waals surface area contributed by atoms with Crippen molar-refractivity contribution in [3.05, 3.63) is 0 Å². The Morgan fingerprint density at radius 2 is 1.71 bits per heavy atom. The van der Waals surface area contributed by atoms with Crippen LogP contribution in [0.2, 0.25) is 0 Å². The lowest BCUT2D eigenvalue weighted by atomic mass is 9.72. The molecule has 17 heavy (non-hydrogen) atoms. The molecule has 0 saturated heterocycles. The van der Waals surface area contributed by atoms with Crippen molar-refractivity contribution < 1.29 is 0 Å². The molecular formula is C16H32S. The van der Waals surface area contributed by atoms with Crippen molar-refractivity contribution >= 4 is 11.8 Å². The molecule has 0 heterocycles. The van der Waals surface area contributed by atoms with Gasteiger partial charge in [0.25, 0.3) is 0 Å². The van der Waals surface area contributed by atoms with Gasteiger partial charge in [-0.1, -0.05) is 59.8 Å². The molecule has 0 aromatic carbocycles. The molecule has 1 heteroatoms. The second-order valence-electron chi connectivity index (χ2n) is 6.73. The third-order valence-corrected chi connectivity index (χ3v) is 5.66. The van der Waals surface area contributed by atoms with E-state index < -0.39 is 0 Å². The first-order valence-corrected chi connectivity index (χ1v) is 8.72. The summed E-state index contributed by atoms with van der Waals surface area (Å²) in [5.41, 5.74) is 0.515. The molecule has 0 aliphatic heterocycles. The smallest absolute Gasteiger partial charge is 0.00803 e. The van der Waals surface area contributed by atoms with Gasteiger partial charge in [0.15, 0.2) is 0 Å². The van der Waals surface area contributed by atoms with Crippen LogP contribution in [0.1, 0.15) is 79.1 Å². The fraction of sp³-hybridized carbons (Fsp3) is 1.00. The summed E-state index contributed by atoms with van der Waals surface area (Å²) in [4.78, 5) is 0. The van der Waals surface area contributed by atoms with Crippen molar-refractivity contribution in [1.29, 1.82) is 0 Å². The summed E-state index contributed by atoms with van der Waals surface area (Å²) in [5.74, 6) is 2.35. The molecule has 0 aromatic rings. The molecule has 0 amide bonds. The molecule has 0 bridgehead atoms. The van der Waals surface area contributed by atoms with Crippen LogP contribution >= 0.6 is 11.8 Å². The topological polar surface area (TPSA) is 0 Å². The Balaban J connectivity index is 2.28. The molecule has 0 N–H and O–H groups in total. The van der Waals surface area contributed by atoms with E-state index in [9.17, 15) is 0 Å². The van der Waals surface area contributed by atoms with Crippen molar-refractivity contribution in [3.8, 4) is 0 Å². The maximum Gasteiger partial charge on any atom is 0.00803 e. The van der Waals surface area contributed by atoms with E-state index in [0.717, 1.165) is 11.2 Å². The van der Waals surface area contributed by atoms with E-state index in [1.807, 2.05) is 0 Å². The molecule has 0 aromatic heterocycles. The van der Waals surface area contributed by atoms with Gasteiger partial charge in [-0.3, -0.25) is 0 Å². The summed E-state index contributed by atoms with van der Waals surface area (Å²) in [6.45, 7) is 9.61. The highest BCUT2D eigenvalue weighted by atomic mass is 32.2. The highest BCUT2D eigenvalue weighted by Gasteiger charge is 2.33. The van der Waals surface area contributed by atoms with E-state index in [2.05, 4.69) is 39.5 Å². The van der Waals surface area contributed by atoms with Gasteiger partial charge in [-0.05, 0) is 36.3 Å². The Morgan fingerprint density at radius 3 is 2.35 bits per heavy atom. The second kappa shape index (κ2) is 7.71. The molecule has 1 fully saturated rings. The standard InChI is InChI=1S/C16H32S/c1-5-6-7-10-13-17-15-12-9-8-11-14(15)16(2,3)4/h14-15H,5-13H2,1-4H3.